The molecule has 0 bridgehead atoms. The van der Waals surface area contributed by atoms with Crippen molar-refractivity contribution in [2.75, 3.05) is 6.54 Å². The van der Waals surface area contributed by atoms with E-state index in [0.29, 0.717) is 0 Å². The Bertz CT molecular complexity index is 543. The summed E-state index contributed by atoms with van der Waals surface area (Å²) < 4.78 is 2.24. The quantitative estimate of drug-likeness (QED) is 0.923. The zero-order valence-corrected chi connectivity index (χ0v) is 11.6. The molecule has 1 aliphatic rings. The minimum absolute atomic E-state index is 0.216. The summed E-state index contributed by atoms with van der Waals surface area (Å²) in [6.07, 6.45) is 2.24. The van der Waals surface area contributed by atoms with E-state index in [1.165, 1.54) is 10.4 Å². The Balaban J connectivity index is 2.02. The van der Waals surface area contributed by atoms with Crippen LogP contribution in [0.5, 0.6) is 0 Å². The van der Waals surface area contributed by atoms with Gasteiger partial charge in [0, 0.05) is 18.0 Å². The molecule has 96 valence electrons. The van der Waals surface area contributed by atoms with Crippen molar-refractivity contribution in [1.29, 1.82) is 0 Å². The number of rotatable bonds is 3. The Morgan fingerprint density at radius 3 is 3.22 bits per heavy atom. The van der Waals surface area contributed by atoms with E-state index in [2.05, 4.69) is 38.5 Å². The first kappa shape index (κ1) is 11.9. The molecule has 0 saturated heterocycles. The molecule has 2 aromatic heterocycles. The highest BCUT2D eigenvalue weighted by molar-refractivity contribution is 7.10. The van der Waals surface area contributed by atoms with E-state index in [9.17, 15) is 0 Å². The zero-order chi connectivity index (χ0) is 12.5. The lowest BCUT2D eigenvalue weighted by molar-refractivity contribution is 0.510. The van der Waals surface area contributed by atoms with Crippen LogP contribution in [0, 0.1) is 6.92 Å². The Hall–Kier alpha value is -1.20. The van der Waals surface area contributed by atoms with Crippen LogP contribution in [0.25, 0.3) is 0 Å². The van der Waals surface area contributed by atoms with Crippen molar-refractivity contribution in [1.82, 2.24) is 20.1 Å². The van der Waals surface area contributed by atoms with E-state index < -0.39 is 0 Å². The van der Waals surface area contributed by atoms with Gasteiger partial charge in [-0.1, -0.05) is 6.92 Å². The van der Waals surface area contributed by atoms with Gasteiger partial charge >= 0.3 is 0 Å². The second-order valence-electron chi connectivity index (χ2n) is 4.69. The molecule has 3 rings (SSSR count). The van der Waals surface area contributed by atoms with Crippen LogP contribution in [-0.4, -0.2) is 21.3 Å². The minimum Gasteiger partial charge on any atom is -0.314 e. The van der Waals surface area contributed by atoms with Crippen molar-refractivity contribution in [2.45, 2.75) is 39.3 Å². The molecular formula is C13H18N4S. The van der Waals surface area contributed by atoms with Crippen molar-refractivity contribution in [3.63, 3.8) is 0 Å². The summed E-state index contributed by atoms with van der Waals surface area (Å²) in [6, 6.07) is 2.43. The number of aromatic nitrogens is 3. The normalized spacial score (nSPS) is 18.9. The van der Waals surface area contributed by atoms with Crippen molar-refractivity contribution < 1.29 is 0 Å². The molecule has 2 aromatic rings. The summed E-state index contributed by atoms with van der Waals surface area (Å²) in [5.41, 5.74) is 1.39. The summed E-state index contributed by atoms with van der Waals surface area (Å²) in [5, 5.41) is 14.4. The van der Waals surface area contributed by atoms with Gasteiger partial charge in [-0.2, -0.15) is 0 Å². The predicted molar refractivity (Wildman–Crippen MR) is 72.9 cm³/mol. The van der Waals surface area contributed by atoms with Gasteiger partial charge in [0.2, 0.25) is 0 Å². The van der Waals surface area contributed by atoms with Gasteiger partial charge in [-0.15, -0.1) is 21.5 Å². The second-order valence-corrected chi connectivity index (χ2v) is 5.69. The van der Waals surface area contributed by atoms with Crippen molar-refractivity contribution in [3.8, 4) is 0 Å². The zero-order valence-electron chi connectivity index (χ0n) is 10.8. The largest absolute Gasteiger partial charge is 0.314 e. The molecule has 0 radical (unpaired) electrons. The maximum absolute atomic E-state index is 4.39. The minimum atomic E-state index is 0.216. The summed E-state index contributed by atoms with van der Waals surface area (Å²) >= 11 is 1.85. The van der Waals surface area contributed by atoms with E-state index in [-0.39, 0.29) is 6.04 Å². The van der Waals surface area contributed by atoms with E-state index in [0.717, 1.165) is 37.6 Å². The Kier molecular flexibility index (Phi) is 3.18. The van der Waals surface area contributed by atoms with Gasteiger partial charge in [-0.05, 0) is 36.8 Å². The number of hydrogen-bond acceptors (Lipinski definition) is 4. The molecule has 0 fully saturated rings. The van der Waals surface area contributed by atoms with Gasteiger partial charge < -0.3 is 9.88 Å². The van der Waals surface area contributed by atoms with E-state index >= 15 is 0 Å². The van der Waals surface area contributed by atoms with E-state index in [1.54, 1.807) is 0 Å². The molecule has 1 N–H and O–H groups in total. The molecule has 18 heavy (non-hydrogen) atoms. The van der Waals surface area contributed by atoms with Crippen LogP contribution in [0.1, 0.15) is 41.5 Å². The molecule has 1 unspecified atom stereocenters. The van der Waals surface area contributed by atoms with Gasteiger partial charge in [0.15, 0.2) is 5.82 Å². The number of nitrogens with one attached hydrogen (secondary N) is 1. The average Bonchev–Trinajstić information content (AvgIpc) is 2.97. The molecule has 0 saturated carbocycles. The van der Waals surface area contributed by atoms with Crippen LogP contribution >= 0.6 is 11.3 Å². The van der Waals surface area contributed by atoms with Crippen LogP contribution in [0.15, 0.2) is 11.4 Å². The highest BCUT2D eigenvalue weighted by Crippen LogP contribution is 2.31. The van der Waals surface area contributed by atoms with Crippen molar-refractivity contribution >= 4 is 11.3 Å². The molecule has 4 nitrogen and oxygen atoms in total. The molecule has 3 heterocycles. The molecule has 0 aromatic carbocycles. The first-order chi connectivity index (χ1) is 8.81. The molecule has 1 atom stereocenters. The smallest absolute Gasteiger partial charge is 0.154 e. The van der Waals surface area contributed by atoms with Crippen LogP contribution in [0.4, 0.5) is 0 Å². The first-order valence-corrected chi connectivity index (χ1v) is 7.38. The lowest BCUT2D eigenvalue weighted by Gasteiger charge is -2.24. The Morgan fingerprint density at radius 1 is 1.50 bits per heavy atom. The van der Waals surface area contributed by atoms with Crippen LogP contribution < -0.4 is 5.32 Å². The third kappa shape index (κ3) is 1.87. The monoisotopic (exact) mass is 262 g/mol. The fourth-order valence-corrected chi connectivity index (χ4v) is 3.51. The van der Waals surface area contributed by atoms with Gasteiger partial charge in [0.25, 0.3) is 0 Å². The molecule has 1 aliphatic heterocycles. The van der Waals surface area contributed by atoms with Gasteiger partial charge in [-0.3, -0.25) is 0 Å². The molecule has 0 spiro atoms. The van der Waals surface area contributed by atoms with Crippen molar-refractivity contribution in [3.05, 3.63) is 33.5 Å². The first-order valence-electron chi connectivity index (χ1n) is 6.50. The maximum Gasteiger partial charge on any atom is 0.154 e. The van der Waals surface area contributed by atoms with E-state index in [1.807, 2.05) is 18.3 Å². The number of thiophene rings is 1. The van der Waals surface area contributed by atoms with Crippen LogP contribution in [0.3, 0.4) is 0 Å². The lowest BCUT2D eigenvalue weighted by Crippen LogP contribution is -2.31. The molecule has 5 heteroatoms. The molecule has 0 aliphatic carbocycles. The summed E-state index contributed by atoms with van der Waals surface area (Å²) in [5.74, 6) is 2.07. The SMILES string of the molecule is CCCn1c(C)nnc1C1NCCc2sccc21. The predicted octanol–water partition coefficient (Wildman–Crippen LogP) is 2.29. The highest BCUT2D eigenvalue weighted by Gasteiger charge is 2.26. The topological polar surface area (TPSA) is 42.7 Å². The standard InChI is InChI=1S/C13H18N4S/c1-3-7-17-9(2)15-16-13(17)12-10-5-8-18-11(10)4-6-14-12/h5,8,12,14H,3-4,6-7H2,1-2H3. The highest BCUT2D eigenvalue weighted by atomic mass is 32.1. The fraction of sp³-hybridized carbons (Fsp3) is 0.538. The van der Waals surface area contributed by atoms with Crippen LogP contribution in [-0.2, 0) is 13.0 Å². The average molecular weight is 262 g/mol. The fourth-order valence-electron chi connectivity index (χ4n) is 2.59. The maximum atomic E-state index is 4.39. The van der Waals surface area contributed by atoms with Gasteiger partial charge in [0.1, 0.15) is 5.82 Å². The summed E-state index contributed by atoms with van der Waals surface area (Å²) in [4.78, 5) is 1.49. The second kappa shape index (κ2) is 4.82. The number of fused-ring (bicyclic) bond motifs is 1. The number of nitrogens with zero attached hydrogens (tertiary/aromatic N) is 3. The molecular weight excluding hydrogens is 244 g/mol. The third-order valence-electron chi connectivity index (χ3n) is 3.46. The number of aryl methyl sites for hydroxylation is 1. The summed E-state index contributed by atoms with van der Waals surface area (Å²) in [7, 11) is 0. The molecule has 0 amide bonds. The summed E-state index contributed by atoms with van der Waals surface area (Å²) in [6.45, 7) is 6.24. The van der Waals surface area contributed by atoms with Crippen LogP contribution in [0.2, 0.25) is 0 Å². The van der Waals surface area contributed by atoms with Gasteiger partial charge in [-0.25, -0.2) is 0 Å². The Morgan fingerprint density at radius 2 is 2.39 bits per heavy atom. The van der Waals surface area contributed by atoms with E-state index in [4.69, 9.17) is 0 Å². The Labute approximate surface area is 111 Å². The van der Waals surface area contributed by atoms with Crippen molar-refractivity contribution in [2.24, 2.45) is 0 Å². The lowest BCUT2D eigenvalue weighted by atomic mass is 10.0. The van der Waals surface area contributed by atoms with Gasteiger partial charge in [0.05, 0.1) is 6.04 Å². The third-order valence-corrected chi connectivity index (χ3v) is 4.46. The number of hydrogen-bond donors (Lipinski definition) is 1.